The molecule has 29 heavy (non-hydrogen) atoms. The van der Waals surface area contributed by atoms with Crippen LogP contribution in [0.25, 0.3) is 11.0 Å². The molecule has 1 aromatic carbocycles. The summed E-state index contributed by atoms with van der Waals surface area (Å²) in [5, 5.41) is 0.403. The van der Waals surface area contributed by atoms with Crippen molar-refractivity contribution in [1.29, 1.82) is 0 Å². The molecule has 0 bridgehead atoms. The van der Waals surface area contributed by atoms with Crippen LogP contribution in [-0.4, -0.2) is 52.4 Å². The lowest BCUT2D eigenvalue weighted by Gasteiger charge is -2.41. The highest BCUT2D eigenvalue weighted by Crippen LogP contribution is 2.36. The Labute approximate surface area is 175 Å². The van der Waals surface area contributed by atoms with Crippen LogP contribution in [0.1, 0.15) is 27.0 Å². The summed E-state index contributed by atoms with van der Waals surface area (Å²) in [6.45, 7) is 3.47. The standard InChI is InChI=1S/C18H18Cl2N2O7/c1-8(23)27-13-7-26-17(16(29-10(3)25)15(13)28-9(2)24)22-12-6-4-5-11(19)14(12)21-18(22)20/h4-6,13,15-17H,7H2,1-3H3/t13-,15-,16-,17-/m1/s1. The first-order valence-electron chi connectivity index (χ1n) is 8.64. The number of hydrogen-bond donors (Lipinski definition) is 0. The maximum absolute atomic E-state index is 11.8. The predicted octanol–water partition coefficient (Wildman–Crippen LogP) is 2.67. The second kappa shape index (κ2) is 8.56. The molecular formula is C18H18Cl2N2O7. The first-order valence-corrected chi connectivity index (χ1v) is 9.40. The molecule has 0 saturated carbocycles. The molecule has 0 N–H and O–H groups in total. The zero-order valence-electron chi connectivity index (χ0n) is 15.8. The molecule has 1 aromatic heterocycles. The monoisotopic (exact) mass is 444 g/mol. The van der Waals surface area contributed by atoms with Gasteiger partial charge in [0.25, 0.3) is 0 Å². The highest BCUT2D eigenvalue weighted by atomic mass is 35.5. The summed E-state index contributed by atoms with van der Waals surface area (Å²) in [6, 6.07) is 5.07. The Balaban J connectivity index is 2.09. The number of benzene rings is 1. The molecular weight excluding hydrogens is 427 g/mol. The number of imidazole rings is 1. The number of halogens is 2. The lowest BCUT2D eigenvalue weighted by Crippen LogP contribution is -2.55. The first-order chi connectivity index (χ1) is 13.7. The van der Waals surface area contributed by atoms with Gasteiger partial charge in [-0.25, -0.2) is 4.98 Å². The van der Waals surface area contributed by atoms with Crippen LogP contribution < -0.4 is 0 Å². The average molecular weight is 445 g/mol. The molecule has 9 nitrogen and oxygen atoms in total. The summed E-state index contributed by atoms with van der Waals surface area (Å²) >= 11 is 12.5. The Morgan fingerprint density at radius 1 is 1.03 bits per heavy atom. The van der Waals surface area contributed by atoms with Gasteiger partial charge in [0, 0.05) is 20.8 Å². The van der Waals surface area contributed by atoms with E-state index >= 15 is 0 Å². The molecule has 0 aliphatic carbocycles. The number of rotatable bonds is 4. The Kier molecular flexibility index (Phi) is 6.30. The van der Waals surface area contributed by atoms with Crippen LogP contribution in [0.4, 0.5) is 0 Å². The Morgan fingerprint density at radius 3 is 2.28 bits per heavy atom. The molecule has 0 unspecified atom stereocenters. The average Bonchev–Trinajstić information content (AvgIpc) is 2.94. The number of nitrogens with zero attached hydrogens (tertiary/aromatic N) is 2. The smallest absolute Gasteiger partial charge is 0.303 e. The summed E-state index contributed by atoms with van der Waals surface area (Å²) in [7, 11) is 0. The van der Waals surface area contributed by atoms with Crippen LogP contribution in [0.2, 0.25) is 10.3 Å². The quantitative estimate of drug-likeness (QED) is 0.523. The third-order valence-electron chi connectivity index (χ3n) is 4.21. The highest BCUT2D eigenvalue weighted by Gasteiger charge is 2.48. The van der Waals surface area contributed by atoms with Gasteiger partial charge in [-0.15, -0.1) is 0 Å². The Morgan fingerprint density at radius 2 is 1.66 bits per heavy atom. The molecule has 156 valence electrons. The zero-order valence-corrected chi connectivity index (χ0v) is 17.3. The van der Waals surface area contributed by atoms with Crippen molar-refractivity contribution in [1.82, 2.24) is 9.55 Å². The summed E-state index contributed by atoms with van der Waals surface area (Å²) in [5.74, 6) is -1.90. The second-order valence-corrected chi connectivity index (χ2v) is 7.12. The summed E-state index contributed by atoms with van der Waals surface area (Å²) in [4.78, 5) is 39.2. The lowest BCUT2D eigenvalue weighted by atomic mass is 10.0. The molecule has 1 saturated heterocycles. The molecule has 3 rings (SSSR count). The SMILES string of the molecule is CC(=O)O[C@@H]1[C@H](OC(C)=O)[C@H](OC(C)=O)CO[C@H]1n1c(Cl)nc2c(Cl)cccc21. The number of carbonyl (C=O) groups excluding carboxylic acids is 3. The van der Waals surface area contributed by atoms with E-state index in [9.17, 15) is 14.4 Å². The number of fused-ring (bicyclic) bond motifs is 1. The van der Waals surface area contributed by atoms with Crippen LogP contribution in [0, 0.1) is 0 Å². The number of ether oxygens (including phenoxy) is 4. The van der Waals surface area contributed by atoms with E-state index in [0.717, 1.165) is 0 Å². The van der Waals surface area contributed by atoms with Gasteiger partial charge in [0.2, 0.25) is 5.28 Å². The third kappa shape index (κ3) is 4.47. The number of aromatic nitrogens is 2. The minimum absolute atomic E-state index is 0.0303. The summed E-state index contributed by atoms with van der Waals surface area (Å²) < 4.78 is 23.3. The minimum atomic E-state index is -1.16. The number of esters is 3. The molecule has 4 atom stereocenters. The molecule has 2 aromatic rings. The van der Waals surface area contributed by atoms with E-state index in [4.69, 9.17) is 42.1 Å². The van der Waals surface area contributed by atoms with Crippen LogP contribution in [0.5, 0.6) is 0 Å². The fourth-order valence-corrected chi connectivity index (χ4v) is 3.72. The van der Waals surface area contributed by atoms with E-state index in [-0.39, 0.29) is 11.9 Å². The van der Waals surface area contributed by atoms with Crippen molar-refractivity contribution >= 4 is 52.1 Å². The number of carbonyl (C=O) groups is 3. The summed E-state index contributed by atoms with van der Waals surface area (Å²) in [5.41, 5.74) is 0.952. The van der Waals surface area contributed by atoms with Gasteiger partial charge in [-0.3, -0.25) is 19.0 Å². The van der Waals surface area contributed by atoms with E-state index in [2.05, 4.69) is 4.98 Å². The normalized spacial score (nSPS) is 24.2. The molecule has 0 spiro atoms. The molecule has 0 amide bonds. The third-order valence-corrected chi connectivity index (χ3v) is 4.78. The van der Waals surface area contributed by atoms with Crippen LogP contribution in [0.15, 0.2) is 18.2 Å². The highest BCUT2D eigenvalue weighted by molar-refractivity contribution is 6.35. The second-order valence-electron chi connectivity index (χ2n) is 6.38. The van der Waals surface area contributed by atoms with Crippen LogP contribution >= 0.6 is 23.2 Å². The predicted molar refractivity (Wildman–Crippen MR) is 101 cm³/mol. The van der Waals surface area contributed by atoms with Crippen LogP contribution in [0.3, 0.4) is 0 Å². The largest absolute Gasteiger partial charge is 0.456 e. The van der Waals surface area contributed by atoms with Gasteiger partial charge in [0.1, 0.15) is 5.52 Å². The zero-order chi connectivity index (χ0) is 21.3. The number of para-hydroxylation sites is 1. The van der Waals surface area contributed by atoms with Crippen molar-refractivity contribution in [2.75, 3.05) is 6.61 Å². The van der Waals surface area contributed by atoms with Gasteiger partial charge in [-0.1, -0.05) is 17.7 Å². The van der Waals surface area contributed by atoms with E-state index in [1.54, 1.807) is 18.2 Å². The lowest BCUT2D eigenvalue weighted by molar-refractivity contribution is -0.239. The maximum atomic E-state index is 11.8. The first kappa shape index (κ1) is 21.4. The molecule has 1 fully saturated rings. The molecule has 11 heteroatoms. The van der Waals surface area contributed by atoms with Crippen molar-refractivity contribution in [3.8, 4) is 0 Å². The Bertz CT molecular complexity index is 961. The van der Waals surface area contributed by atoms with Gasteiger partial charge in [-0.2, -0.15) is 0 Å². The molecule has 1 aliphatic rings. The van der Waals surface area contributed by atoms with Crippen molar-refractivity contribution in [2.45, 2.75) is 45.3 Å². The number of hydrogen-bond acceptors (Lipinski definition) is 8. The van der Waals surface area contributed by atoms with Crippen molar-refractivity contribution < 1.29 is 33.3 Å². The van der Waals surface area contributed by atoms with E-state index in [0.29, 0.717) is 16.1 Å². The van der Waals surface area contributed by atoms with E-state index in [1.165, 1.54) is 25.3 Å². The van der Waals surface area contributed by atoms with Gasteiger partial charge < -0.3 is 18.9 Å². The van der Waals surface area contributed by atoms with Crippen molar-refractivity contribution in [3.05, 3.63) is 28.5 Å². The van der Waals surface area contributed by atoms with E-state index in [1.807, 2.05) is 0 Å². The minimum Gasteiger partial charge on any atom is -0.456 e. The van der Waals surface area contributed by atoms with Crippen molar-refractivity contribution in [2.24, 2.45) is 0 Å². The maximum Gasteiger partial charge on any atom is 0.303 e. The van der Waals surface area contributed by atoms with Gasteiger partial charge in [-0.05, 0) is 23.7 Å². The summed E-state index contributed by atoms with van der Waals surface area (Å²) in [6.07, 6.45) is -4.27. The van der Waals surface area contributed by atoms with Crippen LogP contribution in [-0.2, 0) is 33.3 Å². The van der Waals surface area contributed by atoms with Gasteiger partial charge >= 0.3 is 17.9 Å². The molecule has 0 radical (unpaired) electrons. The topological polar surface area (TPSA) is 106 Å². The van der Waals surface area contributed by atoms with Gasteiger partial charge in [0.05, 0.1) is 17.1 Å². The molecule has 2 heterocycles. The Hall–Kier alpha value is -2.36. The fraction of sp³-hybridized carbons (Fsp3) is 0.444. The van der Waals surface area contributed by atoms with E-state index < -0.39 is 42.4 Å². The van der Waals surface area contributed by atoms with Crippen molar-refractivity contribution in [3.63, 3.8) is 0 Å². The fourth-order valence-electron chi connectivity index (χ4n) is 3.24. The molecule has 1 aliphatic heterocycles. The van der Waals surface area contributed by atoms with Gasteiger partial charge in [0.15, 0.2) is 24.5 Å².